The van der Waals surface area contributed by atoms with Crippen molar-refractivity contribution in [1.29, 1.82) is 0 Å². The highest BCUT2D eigenvalue weighted by atomic mass is 79.9. The Balaban J connectivity index is 2.62. The number of nitrogens with zero attached hydrogens (tertiary/aromatic N) is 4. The maximum Gasteiger partial charge on any atom is 0.180 e. The molecule has 2 rings (SSSR count). The smallest absolute Gasteiger partial charge is 0.180 e. The number of hydrogen-bond donors (Lipinski definition) is 1. The molecule has 0 bridgehead atoms. The molecule has 0 aliphatic rings. The molecule has 0 spiro atoms. The Bertz CT molecular complexity index is 604. The monoisotopic (exact) mass is 337 g/mol. The molecule has 5 nitrogen and oxygen atoms in total. The minimum Gasteiger partial charge on any atom is -0.372 e. The summed E-state index contributed by atoms with van der Waals surface area (Å²) < 4.78 is 3.00. The van der Waals surface area contributed by atoms with Gasteiger partial charge in [-0.3, -0.25) is 0 Å². The average Bonchev–Trinajstić information content (AvgIpc) is 2.88. The molecule has 0 saturated carbocycles. The molecule has 20 heavy (non-hydrogen) atoms. The van der Waals surface area contributed by atoms with E-state index in [0.717, 1.165) is 21.7 Å². The van der Waals surface area contributed by atoms with E-state index in [1.54, 1.807) is 0 Å². The van der Waals surface area contributed by atoms with E-state index < -0.39 is 0 Å². The second-order valence-electron chi connectivity index (χ2n) is 5.28. The zero-order valence-electron chi connectivity index (χ0n) is 12.5. The molecule has 0 amide bonds. The van der Waals surface area contributed by atoms with Crippen LogP contribution in [0, 0.1) is 0 Å². The minimum absolute atomic E-state index is 0.314. The zero-order chi connectivity index (χ0) is 14.9. The Labute approximate surface area is 128 Å². The van der Waals surface area contributed by atoms with Crippen LogP contribution in [0.1, 0.15) is 45.3 Å². The van der Waals surface area contributed by atoms with E-state index in [4.69, 9.17) is 4.98 Å². The molecule has 0 saturated heterocycles. The largest absolute Gasteiger partial charge is 0.372 e. The van der Waals surface area contributed by atoms with Gasteiger partial charge in [0.1, 0.15) is 11.5 Å². The number of nitrogens with one attached hydrogen (secondary N) is 1. The van der Waals surface area contributed by atoms with Crippen molar-refractivity contribution in [1.82, 2.24) is 19.5 Å². The van der Waals surface area contributed by atoms with E-state index in [9.17, 15) is 0 Å². The normalized spacial score (nSPS) is 11.4. The van der Waals surface area contributed by atoms with E-state index in [0.29, 0.717) is 17.8 Å². The van der Waals surface area contributed by atoms with Crippen LogP contribution in [-0.2, 0) is 0 Å². The Morgan fingerprint density at radius 1 is 1.20 bits per heavy atom. The maximum absolute atomic E-state index is 4.71. The third-order valence-corrected chi connectivity index (χ3v) is 3.89. The van der Waals surface area contributed by atoms with Crippen LogP contribution in [0.15, 0.2) is 17.0 Å². The first-order valence-corrected chi connectivity index (χ1v) is 7.52. The summed E-state index contributed by atoms with van der Waals surface area (Å²) >= 11 is 3.58. The fourth-order valence-corrected chi connectivity index (χ4v) is 2.85. The van der Waals surface area contributed by atoms with Crippen molar-refractivity contribution in [2.45, 2.75) is 39.7 Å². The highest BCUT2D eigenvalue weighted by Gasteiger charge is 2.17. The standard InChI is InChI=1S/C14H20BrN5/c1-8(2)12-11(15)14(16-5)19-13(18-12)10-6-17-7-20(10)9(3)4/h6-9H,1-5H3,(H,16,18,19). The van der Waals surface area contributed by atoms with Crippen molar-refractivity contribution in [2.75, 3.05) is 12.4 Å². The summed E-state index contributed by atoms with van der Waals surface area (Å²) in [6, 6.07) is 0.320. The lowest BCUT2D eigenvalue weighted by Crippen LogP contribution is -2.08. The number of imidazole rings is 1. The van der Waals surface area contributed by atoms with Gasteiger partial charge in [-0.2, -0.15) is 0 Å². The highest BCUT2D eigenvalue weighted by Crippen LogP contribution is 2.31. The van der Waals surface area contributed by atoms with E-state index in [-0.39, 0.29) is 0 Å². The Morgan fingerprint density at radius 3 is 2.45 bits per heavy atom. The van der Waals surface area contributed by atoms with Crippen LogP contribution in [0.5, 0.6) is 0 Å². The number of anilines is 1. The predicted octanol–water partition coefficient (Wildman–Crippen LogP) is 3.85. The highest BCUT2D eigenvalue weighted by molar-refractivity contribution is 9.10. The molecule has 0 aliphatic heterocycles. The lowest BCUT2D eigenvalue weighted by molar-refractivity contribution is 0.603. The van der Waals surface area contributed by atoms with Crippen molar-refractivity contribution < 1.29 is 0 Å². The van der Waals surface area contributed by atoms with Crippen LogP contribution in [0.2, 0.25) is 0 Å². The van der Waals surface area contributed by atoms with Crippen LogP contribution in [-0.4, -0.2) is 26.6 Å². The Morgan fingerprint density at radius 2 is 1.90 bits per heavy atom. The Kier molecular flexibility index (Phi) is 4.42. The summed E-state index contributed by atoms with van der Waals surface area (Å²) in [4.78, 5) is 13.5. The zero-order valence-corrected chi connectivity index (χ0v) is 14.1. The maximum atomic E-state index is 4.71. The van der Waals surface area contributed by atoms with E-state index in [1.807, 2.05) is 19.6 Å². The number of halogens is 1. The van der Waals surface area contributed by atoms with Crippen molar-refractivity contribution in [2.24, 2.45) is 0 Å². The SMILES string of the molecule is CNc1nc(-c2cncn2C(C)C)nc(C(C)C)c1Br. The molecule has 0 aromatic carbocycles. The van der Waals surface area contributed by atoms with Crippen molar-refractivity contribution in [3.8, 4) is 11.5 Å². The number of aromatic nitrogens is 4. The van der Waals surface area contributed by atoms with Crippen LogP contribution < -0.4 is 5.32 Å². The van der Waals surface area contributed by atoms with Gasteiger partial charge < -0.3 is 9.88 Å². The first-order chi connectivity index (χ1) is 9.45. The molecular weight excluding hydrogens is 318 g/mol. The molecule has 0 fully saturated rings. The van der Waals surface area contributed by atoms with Crippen LogP contribution in [0.25, 0.3) is 11.5 Å². The van der Waals surface area contributed by atoms with Crippen molar-refractivity contribution >= 4 is 21.7 Å². The van der Waals surface area contributed by atoms with E-state index >= 15 is 0 Å². The number of rotatable bonds is 4. The van der Waals surface area contributed by atoms with Gasteiger partial charge in [0.05, 0.1) is 22.7 Å². The molecular formula is C14H20BrN5. The quantitative estimate of drug-likeness (QED) is 0.920. The van der Waals surface area contributed by atoms with Crippen LogP contribution in [0.3, 0.4) is 0 Å². The fourth-order valence-electron chi connectivity index (χ4n) is 2.02. The molecule has 6 heteroatoms. The molecule has 2 aromatic rings. The number of hydrogen-bond acceptors (Lipinski definition) is 4. The first-order valence-electron chi connectivity index (χ1n) is 6.73. The minimum atomic E-state index is 0.314. The molecule has 108 valence electrons. The summed E-state index contributed by atoms with van der Waals surface area (Å²) in [7, 11) is 1.86. The summed E-state index contributed by atoms with van der Waals surface area (Å²) in [5.41, 5.74) is 1.93. The van der Waals surface area contributed by atoms with E-state index in [2.05, 4.69) is 63.5 Å². The van der Waals surface area contributed by atoms with Gasteiger partial charge in [-0.1, -0.05) is 13.8 Å². The Hall–Kier alpha value is -1.43. The van der Waals surface area contributed by atoms with Gasteiger partial charge in [-0.25, -0.2) is 15.0 Å². The lowest BCUT2D eigenvalue weighted by Gasteiger charge is -2.15. The molecule has 0 radical (unpaired) electrons. The van der Waals surface area contributed by atoms with Crippen molar-refractivity contribution in [3.63, 3.8) is 0 Å². The summed E-state index contributed by atoms with van der Waals surface area (Å²) in [5.74, 6) is 1.82. The van der Waals surface area contributed by atoms with Gasteiger partial charge in [0.15, 0.2) is 5.82 Å². The molecule has 1 N–H and O–H groups in total. The third kappa shape index (κ3) is 2.70. The lowest BCUT2D eigenvalue weighted by atomic mass is 10.1. The second kappa shape index (κ2) is 5.91. The summed E-state index contributed by atoms with van der Waals surface area (Å²) in [6.45, 7) is 8.48. The van der Waals surface area contributed by atoms with Gasteiger partial charge in [0, 0.05) is 13.1 Å². The predicted molar refractivity (Wildman–Crippen MR) is 85.0 cm³/mol. The second-order valence-corrected chi connectivity index (χ2v) is 6.07. The van der Waals surface area contributed by atoms with Crippen molar-refractivity contribution in [3.05, 3.63) is 22.7 Å². The third-order valence-electron chi connectivity index (χ3n) is 3.11. The molecule has 0 aliphatic carbocycles. The van der Waals surface area contributed by atoms with Gasteiger partial charge >= 0.3 is 0 Å². The molecule has 0 unspecified atom stereocenters. The van der Waals surface area contributed by atoms with Gasteiger partial charge in [0.25, 0.3) is 0 Å². The summed E-state index contributed by atoms with van der Waals surface area (Å²) in [6.07, 6.45) is 3.63. The van der Waals surface area contributed by atoms with E-state index in [1.165, 1.54) is 0 Å². The van der Waals surface area contributed by atoms with Gasteiger partial charge in [-0.15, -0.1) is 0 Å². The average molecular weight is 338 g/mol. The summed E-state index contributed by atoms with van der Waals surface area (Å²) in [5, 5.41) is 3.11. The van der Waals surface area contributed by atoms with Crippen LogP contribution >= 0.6 is 15.9 Å². The molecule has 2 aromatic heterocycles. The van der Waals surface area contributed by atoms with Gasteiger partial charge in [0.2, 0.25) is 0 Å². The van der Waals surface area contributed by atoms with Crippen LogP contribution in [0.4, 0.5) is 5.82 Å². The van der Waals surface area contributed by atoms with Gasteiger partial charge in [-0.05, 0) is 35.7 Å². The molecule has 2 heterocycles. The molecule has 0 atom stereocenters. The topological polar surface area (TPSA) is 55.6 Å². The first kappa shape index (κ1) is 15.0. The fraction of sp³-hybridized carbons (Fsp3) is 0.500.